The predicted octanol–water partition coefficient (Wildman–Crippen LogP) is 3.06. The Morgan fingerprint density at radius 3 is 2.81 bits per heavy atom. The van der Waals surface area contributed by atoms with E-state index in [1.807, 2.05) is 13.0 Å². The summed E-state index contributed by atoms with van der Waals surface area (Å²) in [5.74, 6) is 0. The Bertz CT molecular complexity index is 381. The van der Waals surface area contributed by atoms with Gasteiger partial charge in [-0.2, -0.15) is 0 Å². The number of rotatable bonds is 5. The molecule has 0 heterocycles. The molecule has 1 N–H and O–H groups in total. The molecule has 0 amide bonds. The second-order valence-corrected chi connectivity index (χ2v) is 4.40. The molecule has 0 saturated heterocycles. The van der Waals surface area contributed by atoms with E-state index in [0.717, 1.165) is 5.56 Å². The maximum atomic E-state index is 10.7. The monoisotopic (exact) mass is 287 g/mol. The number of nitro groups is 1. The zero-order valence-corrected chi connectivity index (χ0v) is 10.6. The Morgan fingerprint density at radius 2 is 2.25 bits per heavy atom. The SMILES string of the molecule is CCC(O)CCc1cccc([N+](=O)[O-])c1Br. The van der Waals surface area contributed by atoms with Gasteiger partial charge in [0.1, 0.15) is 0 Å². The maximum Gasteiger partial charge on any atom is 0.283 e. The average molecular weight is 288 g/mol. The molecule has 5 heteroatoms. The van der Waals surface area contributed by atoms with Gasteiger partial charge in [-0.1, -0.05) is 19.1 Å². The van der Waals surface area contributed by atoms with E-state index in [-0.39, 0.29) is 11.8 Å². The number of nitrogens with zero attached hydrogens (tertiary/aromatic N) is 1. The standard InChI is InChI=1S/C11H14BrNO3/c1-2-9(14)7-6-8-4-3-5-10(11(8)12)13(15)16/h3-5,9,14H,2,6-7H2,1H3. The molecular weight excluding hydrogens is 274 g/mol. The predicted molar refractivity (Wildman–Crippen MR) is 65.4 cm³/mol. The Labute approximate surface area is 103 Å². The second-order valence-electron chi connectivity index (χ2n) is 3.61. The fourth-order valence-corrected chi connectivity index (χ4v) is 2.03. The van der Waals surface area contributed by atoms with Gasteiger partial charge in [0.15, 0.2) is 0 Å². The summed E-state index contributed by atoms with van der Waals surface area (Å²) >= 11 is 3.23. The fourth-order valence-electron chi connectivity index (χ4n) is 1.43. The Kier molecular flexibility index (Phi) is 4.89. The van der Waals surface area contributed by atoms with Crippen molar-refractivity contribution in [3.8, 4) is 0 Å². The zero-order chi connectivity index (χ0) is 12.1. The molecule has 88 valence electrons. The summed E-state index contributed by atoms with van der Waals surface area (Å²) in [6.07, 6.45) is 1.62. The molecule has 1 unspecified atom stereocenters. The van der Waals surface area contributed by atoms with Crippen LogP contribution in [0.4, 0.5) is 5.69 Å². The van der Waals surface area contributed by atoms with Gasteiger partial charge in [0.25, 0.3) is 5.69 Å². The summed E-state index contributed by atoms with van der Waals surface area (Å²) < 4.78 is 0.517. The Balaban J connectivity index is 2.81. The van der Waals surface area contributed by atoms with Gasteiger partial charge < -0.3 is 5.11 Å². The summed E-state index contributed by atoms with van der Waals surface area (Å²) in [6, 6.07) is 4.96. The Morgan fingerprint density at radius 1 is 1.56 bits per heavy atom. The van der Waals surface area contributed by atoms with Gasteiger partial charge in [0, 0.05) is 6.07 Å². The minimum atomic E-state index is -0.413. The van der Waals surface area contributed by atoms with E-state index in [9.17, 15) is 15.2 Å². The van der Waals surface area contributed by atoms with Crippen molar-refractivity contribution in [1.82, 2.24) is 0 Å². The third-order valence-electron chi connectivity index (χ3n) is 2.47. The van der Waals surface area contributed by atoms with Gasteiger partial charge in [-0.15, -0.1) is 0 Å². The molecule has 0 fully saturated rings. The van der Waals surface area contributed by atoms with E-state index < -0.39 is 4.92 Å². The van der Waals surface area contributed by atoms with Gasteiger partial charge in [0.2, 0.25) is 0 Å². The van der Waals surface area contributed by atoms with Crippen LogP contribution < -0.4 is 0 Å². The van der Waals surface area contributed by atoms with Gasteiger partial charge in [-0.25, -0.2) is 0 Å². The maximum absolute atomic E-state index is 10.7. The first-order chi connectivity index (χ1) is 7.56. The lowest BCUT2D eigenvalue weighted by atomic mass is 10.1. The molecular formula is C11H14BrNO3. The first-order valence-electron chi connectivity index (χ1n) is 5.16. The lowest BCUT2D eigenvalue weighted by Gasteiger charge is -2.08. The molecule has 1 rings (SSSR count). The molecule has 0 radical (unpaired) electrons. The van der Waals surface area contributed by atoms with Crippen LogP contribution in [-0.2, 0) is 6.42 Å². The first kappa shape index (κ1) is 13.1. The van der Waals surface area contributed by atoms with Crippen LogP contribution in [0, 0.1) is 10.1 Å². The molecule has 0 bridgehead atoms. The molecule has 1 aromatic rings. The van der Waals surface area contributed by atoms with Crippen molar-refractivity contribution in [3.05, 3.63) is 38.3 Å². The Hall–Kier alpha value is -0.940. The van der Waals surface area contributed by atoms with Gasteiger partial charge in [-0.3, -0.25) is 10.1 Å². The normalized spacial score (nSPS) is 12.4. The molecule has 4 nitrogen and oxygen atoms in total. The van der Waals surface area contributed by atoms with E-state index in [1.165, 1.54) is 6.07 Å². The van der Waals surface area contributed by atoms with E-state index in [2.05, 4.69) is 15.9 Å². The highest BCUT2D eigenvalue weighted by molar-refractivity contribution is 9.10. The van der Waals surface area contributed by atoms with Crippen molar-refractivity contribution in [2.75, 3.05) is 0 Å². The number of benzene rings is 1. The molecule has 0 aromatic heterocycles. The second kappa shape index (κ2) is 5.96. The summed E-state index contributed by atoms with van der Waals surface area (Å²) in [5, 5.41) is 20.1. The molecule has 0 aliphatic carbocycles. The molecule has 1 atom stereocenters. The number of aryl methyl sites for hydroxylation is 1. The summed E-state index contributed by atoms with van der Waals surface area (Å²) in [4.78, 5) is 10.3. The van der Waals surface area contributed by atoms with Crippen molar-refractivity contribution in [2.45, 2.75) is 32.3 Å². The zero-order valence-electron chi connectivity index (χ0n) is 9.02. The van der Waals surface area contributed by atoms with Crippen LogP contribution in [0.2, 0.25) is 0 Å². The fraction of sp³-hybridized carbons (Fsp3) is 0.455. The van der Waals surface area contributed by atoms with Crippen LogP contribution in [0.15, 0.2) is 22.7 Å². The average Bonchev–Trinajstić information content (AvgIpc) is 2.26. The number of aliphatic hydroxyl groups is 1. The van der Waals surface area contributed by atoms with Crippen LogP contribution in [-0.4, -0.2) is 16.1 Å². The quantitative estimate of drug-likeness (QED) is 0.669. The lowest BCUT2D eigenvalue weighted by molar-refractivity contribution is -0.385. The van der Waals surface area contributed by atoms with Crippen molar-refractivity contribution >= 4 is 21.6 Å². The third kappa shape index (κ3) is 3.28. The van der Waals surface area contributed by atoms with Crippen LogP contribution in [0.25, 0.3) is 0 Å². The van der Waals surface area contributed by atoms with Gasteiger partial charge in [-0.05, 0) is 40.8 Å². The van der Waals surface area contributed by atoms with E-state index in [1.54, 1.807) is 6.07 Å². The molecule has 0 saturated carbocycles. The van der Waals surface area contributed by atoms with E-state index in [0.29, 0.717) is 23.7 Å². The minimum absolute atomic E-state index is 0.0727. The topological polar surface area (TPSA) is 63.4 Å². The number of aliphatic hydroxyl groups excluding tert-OH is 1. The van der Waals surface area contributed by atoms with Crippen LogP contribution >= 0.6 is 15.9 Å². The first-order valence-corrected chi connectivity index (χ1v) is 5.95. The van der Waals surface area contributed by atoms with Crippen LogP contribution in [0.1, 0.15) is 25.3 Å². The number of nitro benzene ring substituents is 1. The number of halogens is 1. The number of hydrogen-bond donors (Lipinski definition) is 1. The van der Waals surface area contributed by atoms with Crippen LogP contribution in [0.3, 0.4) is 0 Å². The highest BCUT2D eigenvalue weighted by Crippen LogP contribution is 2.29. The largest absolute Gasteiger partial charge is 0.393 e. The highest BCUT2D eigenvalue weighted by Gasteiger charge is 2.15. The molecule has 1 aromatic carbocycles. The molecule has 0 aliphatic rings. The molecule has 0 aliphatic heterocycles. The van der Waals surface area contributed by atoms with Crippen molar-refractivity contribution in [1.29, 1.82) is 0 Å². The van der Waals surface area contributed by atoms with Crippen molar-refractivity contribution in [2.24, 2.45) is 0 Å². The van der Waals surface area contributed by atoms with E-state index in [4.69, 9.17) is 0 Å². The van der Waals surface area contributed by atoms with Crippen molar-refractivity contribution in [3.63, 3.8) is 0 Å². The lowest BCUT2D eigenvalue weighted by Crippen LogP contribution is -2.06. The minimum Gasteiger partial charge on any atom is -0.393 e. The number of hydrogen-bond acceptors (Lipinski definition) is 3. The van der Waals surface area contributed by atoms with Gasteiger partial charge in [0.05, 0.1) is 15.5 Å². The van der Waals surface area contributed by atoms with E-state index >= 15 is 0 Å². The summed E-state index contributed by atoms with van der Waals surface area (Å²) in [6.45, 7) is 1.91. The third-order valence-corrected chi connectivity index (χ3v) is 3.39. The highest BCUT2D eigenvalue weighted by atomic mass is 79.9. The summed E-state index contributed by atoms with van der Waals surface area (Å²) in [7, 11) is 0. The molecule has 0 spiro atoms. The summed E-state index contributed by atoms with van der Waals surface area (Å²) in [5.41, 5.74) is 0.935. The van der Waals surface area contributed by atoms with Crippen LogP contribution in [0.5, 0.6) is 0 Å². The molecule has 16 heavy (non-hydrogen) atoms. The van der Waals surface area contributed by atoms with Gasteiger partial charge >= 0.3 is 0 Å². The smallest absolute Gasteiger partial charge is 0.283 e. The van der Waals surface area contributed by atoms with Crippen molar-refractivity contribution < 1.29 is 10.0 Å².